The molecule has 17 heavy (non-hydrogen) atoms. The minimum Gasteiger partial charge on any atom is -0.479 e. The molecule has 4 fully saturated rings. The summed E-state index contributed by atoms with van der Waals surface area (Å²) in [7, 11) is 1.52. The van der Waals surface area contributed by atoms with Crippen molar-refractivity contribution in [2.45, 2.75) is 44.6 Å². The fourth-order valence-corrected chi connectivity index (χ4v) is 4.97. The highest BCUT2D eigenvalue weighted by Crippen LogP contribution is 2.57. The van der Waals surface area contributed by atoms with Gasteiger partial charge in [0, 0.05) is 7.11 Å². The van der Waals surface area contributed by atoms with Crippen molar-refractivity contribution >= 4 is 5.97 Å². The van der Waals surface area contributed by atoms with E-state index in [2.05, 4.69) is 0 Å². The molecule has 0 heterocycles. The van der Waals surface area contributed by atoms with Crippen molar-refractivity contribution in [2.24, 2.45) is 29.6 Å². The second-order valence-electron chi connectivity index (χ2n) is 6.39. The van der Waals surface area contributed by atoms with E-state index in [1.54, 1.807) is 0 Å². The summed E-state index contributed by atoms with van der Waals surface area (Å²) >= 11 is 0. The Bertz CT molecular complexity index is 285. The van der Waals surface area contributed by atoms with Gasteiger partial charge in [0.1, 0.15) is 0 Å². The quantitative estimate of drug-likeness (QED) is 0.818. The van der Waals surface area contributed by atoms with E-state index in [1.165, 1.54) is 39.2 Å². The van der Waals surface area contributed by atoms with Gasteiger partial charge in [0.15, 0.2) is 6.10 Å². The molecule has 3 heteroatoms. The van der Waals surface area contributed by atoms with E-state index in [1.807, 2.05) is 0 Å². The Morgan fingerprint density at radius 2 is 1.71 bits per heavy atom. The van der Waals surface area contributed by atoms with Crippen LogP contribution in [0.25, 0.3) is 0 Å². The largest absolute Gasteiger partial charge is 0.479 e. The van der Waals surface area contributed by atoms with Gasteiger partial charge >= 0.3 is 5.97 Å². The van der Waals surface area contributed by atoms with Crippen LogP contribution in [0.3, 0.4) is 0 Å². The number of rotatable bonds is 4. The molecule has 0 amide bonds. The summed E-state index contributed by atoms with van der Waals surface area (Å²) in [6.07, 6.45) is 7.02. The molecule has 4 saturated carbocycles. The van der Waals surface area contributed by atoms with Crippen molar-refractivity contribution in [1.82, 2.24) is 0 Å². The molecule has 1 N–H and O–H groups in total. The average molecular weight is 238 g/mol. The topological polar surface area (TPSA) is 46.5 Å². The van der Waals surface area contributed by atoms with Gasteiger partial charge in [-0.3, -0.25) is 0 Å². The lowest BCUT2D eigenvalue weighted by molar-refractivity contribution is -0.152. The number of aliphatic carboxylic acids is 1. The molecule has 3 nitrogen and oxygen atoms in total. The molecule has 1 unspecified atom stereocenters. The average Bonchev–Trinajstić information content (AvgIpc) is 2.27. The molecule has 4 bridgehead atoms. The second-order valence-corrected chi connectivity index (χ2v) is 6.39. The first-order chi connectivity index (χ1) is 8.17. The third-order valence-electron chi connectivity index (χ3n) is 5.47. The summed E-state index contributed by atoms with van der Waals surface area (Å²) in [6.45, 7) is 0. The van der Waals surface area contributed by atoms with Crippen LogP contribution in [0.5, 0.6) is 0 Å². The van der Waals surface area contributed by atoms with E-state index in [4.69, 9.17) is 9.84 Å². The molecule has 96 valence electrons. The smallest absolute Gasteiger partial charge is 0.332 e. The van der Waals surface area contributed by atoms with Crippen LogP contribution in [0.4, 0.5) is 0 Å². The Hall–Kier alpha value is -0.570. The van der Waals surface area contributed by atoms with Crippen LogP contribution in [0, 0.1) is 29.6 Å². The summed E-state index contributed by atoms with van der Waals surface area (Å²) in [5, 5.41) is 9.10. The van der Waals surface area contributed by atoms with Gasteiger partial charge < -0.3 is 9.84 Å². The second kappa shape index (κ2) is 4.27. The number of ether oxygens (including phenoxy) is 1. The number of carboxylic acids is 1. The van der Waals surface area contributed by atoms with E-state index in [9.17, 15) is 4.79 Å². The molecule has 1 atom stereocenters. The van der Waals surface area contributed by atoms with E-state index >= 15 is 0 Å². The Labute approximate surface area is 103 Å². The van der Waals surface area contributed by atoms with Crippen molar-refractivity contribution in [3.63, 3.8) is 0 Å². The first kappa shape index (κ1) is 11.5. The van der Waals surface area contributed by atoms with Crippen LogP contribution in [-0.2, 0) is 9.53 Å². The van der Waals surface area contributed by atoms with Crippen molar-refractivity contribution in [2.75, 3.05) is 7.11 Å². The zero-order valence-electron chi connectivity index (χ0n) is 10.5. The minimum atomic E-state index is -0.790. The van der Waals surface area contributed by atoms with Gasteiger partial charge in [0.2, 0.25) is 0 Å². The van der Waals surface area contributed by atoms with E-state index in [-0.39, 0.29) is 0 Å². The summed E-state index contributed by atoms with van der Waals surface area (Å²) in [5.41, 5.74) is 0. The molecule has 0 aromatic heterocycles. The molecule has 0 spiro atoms. The summed E-state index contributed by atoms with van der Waals surface area (Å²) < 4.78 is 5.12. The lowest BCUT2D eigenvalue weighted by Crippen LogP contribution is -2.46. The molecular weight excluding hydrogens is 216 g/mol. The molecule has 0 aromatic carbocycles. The Kier molecular flexibility index (Phi) is 2.89. The van der Waals surface area contributed by atoms with Gasteiger partial charge in [0.25, 0.3) is 0 Å². The Balaban J connectivity index is 1.69. The van der Waals surface area contributed by atoms with Gasteiger partial charge in [-0.05, 0) is 68.1 Å². The molecule has 4 aliphatic rings. The number of carboxylic acid groups (broad SMARTS) is 1. The number of hydrogen-bond acceptors (Lipinski definition) is 2. The maximum atomic E-state index is 11.1. The van der Waals surface area contributed by atoms with E-state index < -0.39 is 12.1 Å². The maximum Gasteiger partial charge on any atom is 0.332 e. The van der Waals surface area contributed by atoms with Gasteiger partial charge in [0.05, 0.1) is 0 Å². The fraction of sp³-hybridized carbons (Fsp3) is 0.929. The number of carbonyl (C=O) groups is 1. The number of methoxy groups -OCH3 is 1. The van der Waals surface area contributed by atoms with E-state index in [0.717, 1.165) is 30.1 Å². The van der Waals surface area contributed by atoms with Crippen LogP contribution in [-0.4, -0.2) is 24.3 Å². The molecular formula is C14H22O3. The van der Waals surface area contributed by atoms with Crippen LogP contribution >= 0.6 is 0 Å². The Morgan fingerprint density at radius 1 is 1.18 bits per heavy atom. The summed E-state index contributed by atoms with van der Waals surface area (Å²) in [4.78, 5) is 11.1. The Morgan fingerprint density at radius 3 is 2.12 bits per heavy atom. The van der Waals surface area contributed by atoms with Crippen LogP contribution in [0.15, 0.2) is 0 Å². The molecule has 0 aliphatic heterocycles. The first-order valence-electron chi connectivity index (χ1n) is 6.93. The molecule has 4 aliphatic carbocycles. The van der Waals surface area contributed by atoms with Gasteiger partial charge in [-0.1, -0.05) is 0 Å². The summed E-state index contributed by atoms with van der Waals surface area (Å²) in [5.74, 6) is 3.33. The predicted molar refractivity (Wildman–Crippen MR) is 63.6 cm³/mol. The molecule has 0 radical (unpaired) electrons. The van der Waals surface area contributed by atoms with Crippen molar-refractivity contribution in [1.29, 1.82) is 0 Å². The highest BCUT2D eigenvalue weighted by molar-refractivity contribution is 5.72. The molecule has 4 rings (SSSR count). The van der Waals surface area contributed by atoms with Gasteiger partial charge in [-0.15, -0.1) is 0 Å². The highest BCUT2D eigenvalue weighted by atomic mass is 16.5. The molecule has 0 saturated heterocycles. The predicted octanol–water partition coefficient (Wildman–Crippen LogP) is 2.55. The standard InChI is InChI=1S/C14H22O3/c1-17-13(14(15)16)7-12-10-3-8-2-9(5-10)6-11(12)4-8/h8-13H,2-7H2,1H3,(H,15,16). The molecule has 0 aromatic rings. The van der Waals surface area contributed by atoms with Crippen molar-refractivity contribution in [3.8, 4) is 0 Å². The lowest BCUT2D eigenvalue weighted by atomic mass is 9.51. The maximum absolute atomic E-state index is 11.1. The van der Waals surface area contributed by atoms with Gasteiger partial charge in [-0.2, -0.15) is 0 Å². The first-order valence-corrected chi connectivity index (χ1v) is 6.93. The highest BCUT2D eigenvalue weighted by Gasteiger charge is 2.48. The van der Waals surface area contributed by atoms with Crippen molar-refractivity contribution < 1.29 is 14.6 Å². The third-order valence-corrected chi connectivity index (χ3v) is 5.47. The zero-order valence-corrected chi connectivity index (χ0v) is 10.5. The monoisotopic (exact) mass is 238 g/mol. The van der Waals surface area contributed by atoms with Crippen molar-refractivity contribution in [3.05, 3.63) is 0 Å². The SMILES string of the molecule is COC(CC1C2CC3CC(C2)CC1C3)C(=O)O. The van der Waals surface area contributed by atoms with E-state index in [0.29, 0.717) is 5.92 Å². The van der Waals surface area contributed by atoms with Gasteiger partial charge in [-0.25, -0.2) is 4.79 Å². The van der Waals surface area contributed by atoms with Crippen LogP contribution in [0.2, 0.25) is 0 Å². The fourth-order valence-electron chi connectivity index (χ4n) is 4.97. The lowest BCUT2D eigenvalue weighted by Gasteiger charge is -2.54. The third kappa shape index (κ3) is 1.99. The summed E-state index contributed by atoms with van der Waals surface area (Å²) in [6, 6.07) is 0. The zero-order chi connectivity index (χ0) is 12.0. The van der Waals surface area contributed by atoms with Crippen LogP contribution in [0.1, 0.15) is 38.5 Å². The minimum absolute atomic E-state index is 0.586. The normalized spacial score (nSPS) is 44.9. The number of hydrogen-bond donors (Lipinski definition) is 1. The van der Waals surface area contributed by atoms with Crippen LogP contribution < -0.4 is 0 Å².